The van der Waals surface area contributed by atoms with Crippen molar-refractivity contribution in [1.29, 1.82) is 0 Å². The second-order valence-electron chi connectivity index (χ2n) is 5.63. The minimum absolute atomic E-state index is 0.0478. The van der Waals surface area contributed by atoms with E-state index in [1.165, 1.54) is 19.1 Å². The summed E-state index contributed by atoms with van der Waals surface area (Å²) < 4.78 is 4.99. The lowest BCUT2D eigenvalue weighted by Gasteiger charge is -2.28. The Kier molecular flexibility index (Phi) is 5.67. The van der Waals surface area contributed by atoms with E-state index in [9.17, 15) is 14.4 Å². The van der Waals surface area contributed by atoms with Gasteiger partial charge in [0.25, 0.3) is 0 Å². The van der Waals surface area contributed by atoms with Gasteiger partial charge in [-0.1, -0.05) is 30.1 Å². The van der Waals surface area contributed by atoms with Gasteiger partial charge in [-0.05, 0) is 48.1 Å². The van der Waals surface area contributed by atoms with Gasteiger partial charge in [0.15, 0.2) is 11.5 Å². The quantitative estimate of drug-likeness (QED) is 0.500. The van der Waals surface area contributed by atoms with Crippen LogP contribution in [0.3, 0.4) is 0 Å². The summed E-state index contributed by atoms with van der Waals surface area (Å²) >= 11 is 12.5. The molecule has 0 spiro atoms. The summed E-state index contributed by atoms with van der Waals surface area (Å²) in [5.74, 6) is -2.17. The molecule has 5 nitrogen and oxygen atoms in total. The summed E-state index contributed by atoms with van der Waals surface area (Å²) in [6.45, 7) is 3.21. The smallest absolute Gasteiger partial charge is 0.308 e. The minimum Gasteiger partial charge on any atom is -0.425 e. The highest BCUT2D eigenvalue weighted by molar-refractivity contribution is 6.44. The van der Waals surface area contributed by atoms with Crippen LogP contribution in [0.4, 0.5) is 0 Å². The van der Waals surface area contributed by atoms with Crippen LogP contribution in [-0.4, -0.2) is 17.7 Å². The SMILES string of the molecule is CCC1CC(C(N)=O)C(=O)C=C1c1ccc(OC(C)=O)c(Cl)c1Cl. The van der Waals surface area contributed by atoms with Crippen molar-refractivity contribution < 1.29 is 19.1 Å². The highest BCUT2D eigenvalue weighted by Gasteiger charge is 2.34. The van der Waals surface area contributed by atoms with Crippen LogP contribution in [0.2, 0.25) is 10.0 Å². The first kappa shape index (κ1) is 18.5. The Morgan fingerprint density at radius 1 is 1.29 bits per heavy atom. The third-order valence-corrected chi connectivity index (χ3v) is 4.91. The van der Waals surface area contributed by atoms with E-state index < -0.39 is 17.8 Å². The number of allylic oxidation sites excluding steroid dienone is 2. The van der Waals surface area contributed by atoms with E-state index in [1.54, 1.807) is 6.07 Å². The number of hydrogen-bond acceptors (Lipinski definition) is 4. The number of benzene rings is 1. The van der Waals surface area contributed by atoms with E-state index in [4.69, 9.17) is 33.7 Å². The fraction of sp³-hybridized carbons (Fsp3) is 0.353. The molecule has 0 aromatic heterocycles. The van der Waals surface area contributed by atoms with Gasteiger partial charge in [-0.2, -0.15) is 0 Å². The van der Waals surface area contributed by atoms with E-state index in [1.807, 2.05) is 6.92 Å². The van der Waals surface area contributed by atoms with Gasteiger partial charge in [0.2, 0.25) is 5.91 Å². The zero-order valence-electron chi connectivity index (χ0n) is 13.3. The number of rotatable bonds is 4. The molecule has 1 aromatic carbocycles. The van der Waals surface area contributed by atoms with Crippen LogP contribution in [-0.2, 0) is 14.4 Å². The molecule has 0 saturated heterocycles. The third kappa shape index (κ3) is 3.62. The van der Waals surface area contributed by atoms with Gasteiger partial charge in [-0.25, -0.2) is 0 Å². The van der Waals surface area contributed by atoms with Crippen molar-refractivity contribution in [3.63, 3.8) is 0 Å². The molecule has 0 heterocycles. The van der Waals surface area contributed by atoms with Crippen LogP contribution in [0.15, 0.2) is 18.2 Å². The Morgan fingerprint density at radius 3 is 2.50 bits per heavy atom. The van der Waals surface area contributed by atoms with Gasteiger partial charge in [0, 0.05) is 6.92 Å². The van der Waals surface area contributed by atoms with Crippen molar-refractivity contribution in [2.45, 2.75) is 26.7 Å². The lowest BCUT2D eigenvalue weighted by atomic mass is 9.76. The highest BCUT2D eigenvalue weighted by Crippen LogP contribution is 2.43. The number of ketones is 1. The van der Waals surface area contributed by atoms with E-state index >= 15 is 0 Å². The Balaban J connectivity index is 2.48. The lowest BCUT2D eigenvalue weighted by molar-refractivity contribution is -0.132. The van der Waals surface area contributed by atoms with Crippen molar-refractivity contribution in [3.8, 4) is 5.75 Å². The number of ether oxygens (including phenoxy) is 1. The number of carbonyl (C=O) groups is 3. The van der Waals surface area contributed by atoms with Gasteiger partial charge < -0.3 is 10.5 Å². The molecule has 7 heteroatoms. The molecule has 2 rings (SSSR count). The summed E-state index contributed by atoms with van der Waals surface area (Å²) in [6, 6.07) is 3.18. The summed E-state index contributed by atoms with van der Waals surface area (Å²) in [5.41, 5.74) is 6.59. The first-order valence-corrected chi connectivity index (χ1v) is 8.23. The molecule has 0 radical (unpaired) electrons. The monoisotopic (exact) mass is 369 g/mol. The lowest BCUT2D eigenvalue weighted by Crippen LogP contribution is -2.34. The van der Waals surface area contributed by atoms with E-state index in [-0.39, 0.29) is 27.5 Å². The molecule has 128 valence electrons. The molecule has 1 aliphatic rings. The maximum Gasteiger partial charge on any atom is 0.308 e. The zero-order valence-corrected chi connectivity index (χ0v) is 14.8. The Hall–Kier alpha value is -1.85. The Labute approximate surface area is 149 Å². The van der Waals surface area contributed by atoms with E-state index in [2.05, 4.69) is 0 Å². The Morgan fingerprint density at radius 2 is 1.96 bits per heavy atom. The number of hydrogen-bond donors (Lipinski definition) is 1. The molecule has 2 atom stereocenters. The maximum atomic E-state index is 12.2. The van der Waals surface area contributed by atoms with Gasteiger partial charge in [-0.15, -0.1) is 0 Å². The van der Waals surface area contributed by atoms with Crippen molar-refractivity contribution in [2.75, 3.05) is 0 Å². The molecule has 0 bridgehead atoms. The molecule has 24 heavy (non-hydrogen) atoms. The molecule has 2 unspecified atom stereocenters. The summed E-state index contributed by atoms with van der Waals surface area (Å²) in [7, 11) is 0. The molecule has 0 aliphatic heterocycles. The fourth-order valence-electron chi connectivity index (χ4n) is 2.83. The van der Waals surface area contributed by atoms with Gasteiger partial charge >= 0.3 is 5.97 Å². The molecule has 0 saturated carbocycles. The maximum absolute atomic E-state index is 12.2. The van der Waals surface area contributed by atoms with E-state index in [0.717, 1.165) is 0 Å². The molecule has 1 amide bonds. The number of primary amides is 1. The molecular formula is C17H17Cl2NO4. The van der Waals surface area contributed by atoms with E-state index in [0.29, 0.717) is 24.0 Å². The van der Waals surface area contributed by atoms with Gasteiger partial charge in [0.1, 0.15) is 10.9 Å². The van der Waals surface area contributed by atoms with Crippen LogP contribution in [0.25, 0.3) is 5.57 Å². The first-order valence-electron chi connectivity index (χ1n) is 7.47. The average Bonchev–Trinajstić information content (AvgIpc) is 2.51. The van der Waals surface area contributed by atoms with Crippen LogP contribution >= 0.6 is 23.2 Å². The fourth-order valence-corrected chi connectivity index (χ4v) is 3.30. The summed E-state index contributed by atoms with van der Waals surface area (Å²) in [5, 5.41) is 0.301. The van der Waals surface area contributed by atoms with Crippen molar-refractivity contribution in [2.24, 2.45) is 17.6 Å². The van der Waals surface area contributed by atoms with Crippen LogP contribution in [0.1, 0.15) is 32.3 Å². The third-order valence-electron chi connectivity index (χ3n) is 4.05. The van der Waals surface area contributed by atoms with Gasteiger partial charge in [-0.3, -0.25) is 14.4 Å². The average molecular weight is 370 g/mol. The van der Waals surface area contributed by atoms with Crippen LogP contribution < -0.4 is 10.5 Å². The number of carbonyl (C=O) groups excluding carboxylic acids is 3. The molecular weight excluding hydrogens is 353 g/mol. The summed E-state index contributed by atoms with van der Waals surface area (Å²) in [4.78, 5) is 34.7. The second kappa shape index (κ2) is 7.36. The number of esters is 1. The largest absolute Gasteiger partial charge is 0.425 e. The number of amides is 1. The first-order chi connectivity index (χ1) is 11.3. The topological polar surface area (TPSA) is 86.5 Å². The normalized spacial score (nSPS) is 20.5. The van der Waals surface area contributed by atoms with Crippen molar-refractivity contribution in [3.05, 3.63) is 33.8 Å². The van der Waals surface area contributed by atoms with Gasteiger partial charge in [0.05, 0.1) is 5.02 Å². The highest BCUT2D eigenvalue weighted by atomic mass is 35.5. The molecule has 1 aromatic rings. The standard InChI is InChI=1S/C17H17Cl2NO4/c1-3-9-6-12(17(20)23)13(22)7-11(9)10-4-5-14(24-8(2)21)16(19)15(10)18/h4-5,7,9,12H,3,6H2,1-2H3,(H2,20,23). The molecule has 2 N–H and O–H groups in total. The van der Waals surface area contributed by atoms with Crippen LogP contribution in [0.5, 0.6) is 5.75 Å². The number of nitrogens with two attached hydrogens (primary N) is 1. The predicted molar refractivity (Wildman–Crippen MR) is 91.8 cm³/mol. The minimum atomic E-state index is -0.812. The van der Waals surface area contributed by atoms with Crippen molar-refractivity contribution >= 4 is 46.4 Å². The predicted octanol–water partition coefficient (Wildman–Crippen LogP) is 3.40. The van der Waals surface area contributed by atoms with Crippen LogP contribution in [0, 0.1) is 11.8 Å². The molecule has 0 fully saturated rings. The zero-order chi connectivity index (χ0) is 18.0. The second-order valence-corrected chi connectivity index (χ2v) is 6.39. The molecule has 1 aliphatic carbocycles. The number of halogens is 2. The Bertz CT molecular complexity index is 742. The van der Waals surface area contributed by atoms with Crippen molar-refractivity contribution in [1.82, 2.24) is 0 Å². The summed E-state index contributed by atoms with van der Waals surface area (Å²) in [6.07, 6.45) is 2.47.